The number of esters is 1. The monoisotopic (exact) mass is 214 g/mol. The number of carbonyl (C=O) groups is 1. The molecule has 0 amide bonds. The summed E-state index contributed by atoms with van der Waals surface area (Å²) in [6, 6.07) is -0.346. The second-order valence-electron chi connectivity index (χ2n) is 4.95. The van der Waals surface area contributed by atoms with E-state index >= 15 is 0 Å². The summed E-state index contributed by atoms with van der Waals surface area (Å²) in [6.07, 6.45) is 0.916. The van der Waals surface area contributed by atoms with Crippen molar-refractivity contribution in [1.29, 1.82) is 0 Å². The van der Waals surface area contributed by atoms with E-state index in [-0.39, 0.29) is 29.6 Å². The molecule has 2 fully saturated rings. The maximum absolute atomic E-state index is 11.6. The minimum Gasteiger partial charge on any atom is -0.468 e. The Kier molecular flexibility index (Phi) is 2.48. The smallest absolute Gasteiger partial charge is 0.324 e. The van der Waals surface area contributed by atoms with Gasteiger partial charge >= 0.3 is 5.97 Å². The van der Waals surface area contributed by atoms with Crippen molar-refractivity contribution in [3.05, 3.63) is 0 Å². The van der Waals surface area contributed by atoms with Crippen molar-refractivity contribution in [3.8, 4) is 0 Å². The molecule has 2 N–H and O–H groups in total. The Morgan fingerprint density at radius 3 is 2.87 bits per heavy atom. The Hall–Kier alpha value is -0.650. The maximum atomic E-state index is 11.6. The summed E-state index contributed by atoms with van der Waals surface area (Å²) >= 11 is 0. The molecule has 3 unspecified atom stereocenters. The van der Waals surface area contributed by atoms with E-state index in [9.17, 15) is 4.79 Å². The van der Waals surface area contributed by atoms with Crippen LogP contribution < -0.4 is 5.84 Å². The molecular weight excluding hydrogens is 196 g/mol. The van der Waals surface area contributed by atoms with Gasteiger partial charge in [-0.25, -0.2) is 5.01 Å². The van der Waals surface area contributed by atoms with Crippen LogP contribution in [0.2, 0.25) is 0 Å². The second kappa shape index (κ2) is 3.43. The molecule has 5 heteroatoms. The first kappa shape index (κ1) is 10.9. The first-order chi connectivity index (χ1) is 6.94. The zero-order valence-electron chi connectivity index (χ0n) is 9.40. The van der Waals surface area contributed by atoms with Crippen LogP contribution in [0, 0.1) is 5.92 Å². The lowest BCUT2D eigenvalue weighted by Gasteiger charge is -2.24. The first-order valence-corrected chi connectivity index (χ1v) is 5.21. The van der Waals surface area contributed by atoms with E-state index in [1.807, 2.05) is 13.8 Å². The van der Waals surface area contributed by atoms with Gasteiger partial charge in [0.05, 0.1) is 18.8 Å². The van der Waals surface area contributed by atoms with E-state index in [4.69, 9.17) is 15.3 Å². The number of carbonyl (C=O) groups excluding carboxylic acids is 1. The average Bonchev–Trinajstić information content (AvgIpc) is 2.54. The Labute approximate surface area is 89.5 Å². The van der Waals surface area contributed by atoms with Gasteiger partial charge in [-0.05, 0) is 20.3 Å². The van der Waals surface area contributed by atoms with Crippen molar-refractivity contribution < 1.29 is 14.3 Å². The molecule has 0 aromatic carbocycles. The Bertz CT molecular complexity index is 280. The standard InChI is InChI=1S/C10H18N2O3/c1-10(2)4-6-7(15-10)5-12(11)8(6)9(13)14-3/h6-8H,4-5,11H2,1-3H3. The van der Waals surface area contributed by atoms with E-state index in [1.54, 1.807) is 0 Å². The van der Waals surface area contributed by atoms with Crippen LogP contribution in [0.3, 0.4) is 0 Å². The normalized spacial score (nSPS) is 39.1. The first-order valence-electron chi connectivity index (χ1n) is 5.21. The van der Waals surface area contributed by atoms with Gasteiger partial charge in [-0.3, -0.25) is 10.6 Å². The Morgan fingerprint density at radius 1 is 1.60 bits per heavy atom. The fourth-order valence-corrected chi connectivity index (χ4v) is 2.73. The van der Waals surface area contributed by atoms with E-state index in [0.717, 1.165) is 6.42 Å². The predicted octanol–water partition coefficient (Wildman–Crippen LogP) is -0.0990. The molecule has 0 aromatic heterocycles. The molecule has 2 saturated heterocycles. The van der Waals surface area contributed by atoms with Gasteiger partial charge in [-0.1, -0.05) is 0 Å². The molecule has 0 radical (unpaired) electrons. The van der Waals surface area contributed by atoms with E-state index in [2.05, 4.69) is 0 Å². The molecule has 15 heavy (non-hydrogen) atoms. The third kappa shape index (κ3) is 1.75. The highest BCUT2D eigenvalue weighted by Crippen LogP contribution is 2.41. The van der Waals surface area contributed by atoms with Crippen molar-refractivity contribution in [2.45, 2.75) is 38.0 Å². The molecule has 0 bridgehead atoms. The summed E-state index contributed by atoms with van der Waals surface area (Å²) in [5.41, 5.74) is -0.150. The van der Waals surface area contributed by atoms with Gasteiger partial charge in [0.2, 0.25) is 0 Å². The third-order valence-electron chi connectivity index (χ3n) is 3.27. The molecule has 5 nitrogen and oxygen atoms in total. The van der Waals surface area contributed by atoms with Crippen LogP contribution in [-0.4, -0.2) is 42.4 Å². The predicted molar refractivity (Wildman–Crippen MR) is 53.8 cm³/mol. The molecule has 2 rings (SSSR count). The minimum absolute atomic E-state index is 0.0640. The van der Waals surface area contributed by atoms with Gasteiger partial charge in [0.1, 0.15) is 6.04 Å². The summed E-state index contributed by atoms with van der Waals surface area (Å²) < 4.78 is 10.6. The second-order valence-corrected chi connectivity index (χ2v) is 4.95. The number of methoxy groups -OCH3 is 1. The fraction of sp³-hybridized carbons (Fsp3) is 0.900. The lowest BCUT2D eigenvalue weighted by atomic mass is 9.91. The van der Waals surface area contributed by atoms with Crippen molar-refractivity contribution in [3.63, 3.8) is 0 Å². The third-order valence-corrected chi connectivity index (χ3v) is 3.27. The number of nitrogens with two attached hydrogens (primary N) is 1. The number of nitrogens with zero attached hydrogens (tertiary/aromatic N) is 1. The van der Waals surface area contributed by atoms with Crippen LogP contribution in [0.25, 0.3) is 0 Å². The summed E-state index contributed by atoms with van der Waals surface area (Å²) in [7, 11) is 1.39. The SMILES string of the molecule is COC(=O)C1C2CC(C)(C)OC2CN1N. The lowest BCUT2D eigenvalue weighted by Crippen LogP contribution is -2.45. The summed E-state index contributed by atoms with van der Waals surface area (Å²) in [4.78, 5) is 11.6. The van der Waals surface area contributed by atoms with Gasteiger partial charge in [0.15, 0.2) is 0 Å². The number of rotatable bonds is 1. The zero-order chi connectivity index (χ0) is 11.2. The Morgan fingerprint density at radius 2 is 2.27 bits per heavy atom. The number of hydrogen-bond donors (Lipinski definition) is 1. The molecule has 2 aliphatic heterocycles. The number of hydrazine groups is 1. The quantitative estimate of drug-likeness (QED) is 0.488. The molecule has 0 aliphatic carbocycles. The maximum Gasteiger partial charge on any atom is 0.324 e. The number of fused-ring (bicyclic) bond motifs is 1. The highest BCUT2D eigenvalue weighted by molar-refractivity contribution is 5.76. The van der Waals surface area contributed by atoms with Crippen LogP contribution in [0.5, 0.6) is 0 Å². The van der Waals surface area contributed by atoms with Crippen LogP contribution >= 0.6 is 0 Å². The molecule has 2 heterocycles. The van der Waals surface area contributed by atoms with Gasteiger partial charge in [-0.2, -0.15) is 0 Å². The van der Waals surface area contributed by atoms with Gasteiger partial charge in [0, 0.05) is 12.5 Å². The number of hydrogen-bond acceptors (Lipinski definition) is 5. The summed E-state index contributed by atoms with van der Waals surface area (Å²) in [6.45, 7) is 4.69. The highest BCUT2D eigenvalue weighted by Gasteiger charge is 2.53. The topological polar surface area (TPSA) is 64.8 Å². The molecule has 86 valence electrons. The summed E-state index contributed by atoms with van der Waals surface area (Å²) in [5, 5.41) is 1.54. The van der Waals surface area contributed by atoms with Gasteiger partial charge in [-0.15, -0.1) is 0 Å². The van der Waals surface area contributed by atoms with Crippen molar-refractivity contribution in [2.75, 3.05) is 13.7 Å². The molecule has 0 aromatic rings. The molecule has 2 aliphatic rings. The Balaban J connectivity index is 2.15. The molecule has 0 spiro atoms. The lowest BCUT2D eigenvalue weighted by molar-refractivity contribution is -0.147. The van der Waals surface area contributed by atoms with Crippen LogP contribution in [0.4, 0.5) is 0 Å². The van der Waals surface area contributed by atoms with E-state index in [0.29, 0.717) is 6.54 Å². The fourth-order valence-electron chi connectivity index (χ4n) is 2.73. The van der Waals surface area contributed by atoms with Gasteiger partial charge < -0.3 is 9.47 Å². The van der Waals surface area contributed by atoms with Crippen molar-refractivity contribution in [2.24, 2.45) is 11.8 Å². The summed E-state index contributed by atoms with van der Waals surface area (Å²) in [5.74, 6) is 5.69. The highest BCUT2D eigenvalue weighted by atomic mass is 16.5. The molecule has 0 saturated carbocycles. The van der Waals surface area contributed by atoms with Crippen LogP contribution in [0.1, 0.15) is 20.3 Å². The van der Waals surface area contributed by atoms with E-state index < -0.39 is 0 Å². The minimum atomic E-state index is -0.346. The zero-order valence-corrected chi connectivity index (χ0v) is 9.40. The average molecular weight is 214 g/mol. The van der Waals surface area contributed by atoms with Crippen molar-refractivity contribution >= 4 is 5.97 Å². The van der Waals surface area contributed by atoms with Gasteiger partial charge in [0.25, 0.3) is 0 Å². The molecular formula is C10H18N2O3. The molecule has 3 atom stereocenters. The van der Waals surface area contributed by atoms with Crippen molar-refractivity contribution in [1.82, 2.24) is 5.01 Å². The van der Waals surface area contributed by atoms with Crippen LogP contribution in [0.15, 0.2) is 0 Å². The largest absolute Gasteiger partial charge is 0.468 e. The van der Waals surface area contributed by atoms with Crippen LogP contribution in [-0.2, 0) is 14.3 Å². The van der Waals surface area contributed by atoms with E-state index in [1.165, 1.54) is 12.1 Å². The number of ether oxygens (including phenoxy) is 2.